The summed E-state index contributed by atoms with van der Waals surface area (Å²) in [6.07, 6.45) is 1.78. The fraction of sp³-hybridized carbons (Fsp3) is 0.533. The van der Waals surface area contributed by atoms with Crippen molar-refractivity contribution in [2.45, 2.75) is 38.0 Å². The predicted octanol–water partition coefficient (Wildman–Crippen LogP) is 1.84. The van der Waals surface area contributed by atoms with E-state index in [4.69, 9.17) is 4.74 Å². The Bertz CT molecular complexity index is 718. The lowest BCUT2D eigenvalue weighted by atomic mass is 10.1. The van der Waals surface area contributed by atoms with Crippen molar-refractivity contribution in [3.63, 3.8) is 0 Å². The summed E-state index contributed by atoms with van der Waals surface area (Å²) < 4.78 is 31.6. The first-order chi connectivity index (χ1) is 11.4. The van der Waals surface area contributed by atoms with E-state index in [2.05, 4.69) is 0 Å². The number of esters is 1. The molecule has 2 rings (SSSR count). The molecule has 0 spiro atoms. The standard InChI is InChI=1S/C15H20N2O6S/c1-2-23-15(18)14-9-5-6-10-16(14)24(21,22)11-12-7-3-4-8-13(12)17(19)20/h3-4,7-8,14H,2,5-6,9-11H2,1H3. The first-order valence-corrected chi connectivity index (χ1v) is 9.36. The molecule has 9 heteroatoms. The Morgan fingerprint density at radius 2 is 2.08 bits per heavy atom. The Labute approximate surface area is 140 Å². The molecule has 1 saturated heterocycles. The van der Waals surface area contributed by atoms with Crippen LogP contribution in [0.5, 0.6) is 0 Å². The summed E-state index contributed by atoms with van der Waals surface area (Å²) in [5.41, 5.74) is -0.138. The van der Waals surface area contributed by atoms with Crippen LogP contribution in [0.4, 0.5) is 5.69 Å². The Morgan fingerprint density at radius 3 is 2.75 bits per heavy atom. The van der Waals surface area contributed by atoms with Crippen molar-refractivity contribution in [1.82, 2.24) is 4.31 Å². The molecule has 132 valence electrons. The van der Waals surface area contributed by atoms with E-state index < -0.39 is 32.7 Å². The molecular weight excluding hydrogens is 336 g/mol. The highest BCUT2D eigenvalue weighted by Gasteiger charge is 2.38. The zero-order valence-electron chi connectivity index (χ0n) is 13.4. The van der Waals surface area contributed by atoms with Crippen LogP contribution >= 0.6 is 0 Å². The number of rotatable bonds is 6. The highest BCUT2D eigenvalue weighted by Crippen LogP contribution is 2.26. The molecule has 1 aromatic rings. The van der Waals surface area contributed by atoms with Gasteiger partial charge in [0.2, 0.25) is 10.0 Å². The SMILES string of the molecule is CCOC(=O)C1CCCCN1S(=O)(=O)Cc1ccccc1[N+](=O)[O-]. The molecule has 0 saturated carbocycles. The summed E-state index contributed by atoms with van der Waals surface area (Å²) in [4.78, 5) is 22.5. The number of nitro groups is 1. The number of nitro benzene ring substituents is 1. The second kappa shape index (κ2) is 7.71. The van der Waals surface area contributed by atoms with Crippen LogP contribution in [-0.4, -0.2) is 42.8 Å². The number of carbonyl (C=O) groups excluding carboxylic acids is 1. The van der Waals surface area contributed by atoms with E-state index in [9.17, 15) is 23.3 Å². The van der Waals surface area contributed by atoms with Crippen molar-refractivity contribution in [2.75, 3.05) is 13.2 Å². The molecule has 1 heterocycles. The van der Waals surface area contributed by atoms with Crippen LogP contribution in [0, 0.1) is 10.1 Å². The van der Waals surface area contributed by atoms with Crippen LogP contribution in [0.3, 0.4) is 0 Å². The van der Waals surface area contributed by atoms with E-state index >= 15 is 0 Å². The molecule has 0 amide bonds. The van der Waals surface area contributed by atoms with Crippen molar-refractivity contribution in [1.29, 1.82) is 0 Å². The Morgan fingerprint density at radius 1 is 1.38 bits per heavy atom. The van der Waals surface area contributed by atoms with E-state index in [0.717, 1.165) is 10.7 Å². The topological polar surface area (TPSA) is 107 Å². The second-order valence-electron chi connectivity index (χ2n) is 5.52. The maximum Gasteiger partial charge on any atom is 0.324 e. The van der Waals surface area contributed by atoms with E-state index in [-0.39, 0.29) is 24.4 Å². The molecule has 8 nitrogen and oxygen atoms in total. The van der Waals surface area contributed by atoms with Crippen LogP contribution < -0.4 is 0 Å². The van der Waals surface area contributed by atoms with Gasteiger partial charge in [-0.25, -0.2) is 8.42 Å². The predicted molar refractivity (Wildman–Crippen MR) is 86.7 cm³/mol. The maximum atomic E-state index is 12.7. The molecule has 1 aliphatic heterocycles. The fourth-order valence-corrected chi connectivity index (χ4v) is 4.59. The van der Waals surface area contributed by atoms with Gasteiger partial charge in [-0.15, -0.1) is 0 Å². The molecule has 1 aliphatic rings. The number of sulfonamides is 1. The first-order valence-electron chi connectivity index (χ1n) is 7.75. The Kier molecular flexibility index (Phi) is 5.89. The van der Waals surface area contributed by atoms with E-state index in [0.29, 0.717) is 12.8 Å². The molecule has 0 N–H and O–H groups in total. The van der Waals surface area contributed by atoms with Gasteiger partial charge in [-0.3, -0.25) is 14.9 Å². The molecule has 24 heavy (non-hydrogen) atoms. The van der Waals surface area contributed by atoms with Crippen LogP contribution in [-0.2, 0) is 25.3 Å². The quantitative estimate of drug-likeness (QED) is 0.437. The highest BCUT2D eigenvalue weighted by molar-refractivity contribution is 7.88. The number of carbonyl (C=O) groups is 1. The molecule has 0 aliphatic carbocycles. The summed E-state index contributed by atoms with van der Waals surface area (Å²) in [5, 5.41) is 11.1. The third-order valence-corrected chi connectivity index (χ3v) is 5.72. The number of piperidine rings is 1. The molecule has 1 fully saturated rings. The Hall–Kier alpha value is -2.00. The number of hydrogen-bond acceptors (Lipinski definition) is 6. The highest BCUT2D eigenvalue weighted by atomic mass is 32.2. The number of nitrogens with zero attached hydrogens (tertiary/aromatic N) is 2. The molecular formula is C15H20N2O6S. The lowest BCUT2D eigenvalue weighted by Gasteiger charge is -2.32. The van der Waals surface area contributed by atoms with Gasteiger partial charge in [0.1, 0.15) is 6.04 Å². The van der Waals surface area contributed by atoms with Crippen molar-refractivity contribution in [3.05, 3.63) is 39.9 Å². The van der Waals surface area contributed by atoms with Gasteiger partial charge >= 0.3 is 5.97 Å². The van der Waals surface area contributed by atoms with Gasteiger partial charge in [-0.2, -0.15) is 4.31 Å². The van der Waals surface area contributed by atoms with Gasteiger partial charge in [-0.1, -0.05) is 18.2 Å². The number of benzene rings is 1. The first kappa shape index (κ1) is 18.3. The Balaban J connectivity index is 2.28. The summed E-state index contributed by atoms with van der Waals surface area (Å²) >= 11 is 0. The minimum absolute atomic E-state index is 0.107. The van der Waals surface area contributed by atoms with Crippen molar-refractivity contribution in [3.8, 4) is 0 Å². The van der Waals surface area contributed by atoms with Crippen LogP contribution in [0.1, 0.15) is 31.7 Å². The van der Waals surface area contributed by atoms with Crippen LogP contribution in [0.2, 0.25) is 0 Å². The maximum absolute atomic E-state index is 12.7. The normalized spacial score (nSPS) is 19.0. The summed E-state index contributed by atoms with van der Waals surface area (Å²) in [6.45, 7) is 2.05. The van der Waals surface area contributed by atoms with Crippen molar-refractivity contribution < 1.29 is 22.9 Å². The monoisotopic (exact) mass is 356 g/mol. The van der Waals surface area contributed by atoms with E-state index in [1.807, 2.05) is 0 Å². The average Bonchev–Trinajstić information content (AvgIpc) is 2.55. The number of para-hydroxylation sites is 1. The van der Waals surface area contributed by atoms with E-state index in [1.165, 1.54) is 18.2 Å². The second-order valence-corrected chi connectivity index (χ2v) is 7.44. The summed E-state index contributed by atoms with van der Waals surface area (Å²) in [6, 6.07) is 4.86. The van der Waals surface area contributed by atoms with Crippen LogP contribution in [0.25, 0.3) is 0 Å². The third-order valence-electron chi connectivity index (χ3n) is 3.90. The lowest BCUT2D eigenvalue weighted by Crippen LogP contribution is -2.49. The summed E-state index contributed by atoms with van der Waals surface area (Å²) in [5.74, 6) is -1.08. The van der Waals surface area contributed by atoms with Gasteiger partial charge in [0.05, 0.1) is 17.3 Å². The number of hydrogen-bond donors (Lipinski definition) is 0. The van der Waals surface area contributed by atoms with Crippen LogP contribution in [0.15, 0.2) is 24.3 Å². The summed E-state index contributed by atoms with van der Waals surface area (Å²) in [7, 11) is -3.88. The lowest BCUT2D eigenvalue weighted by molar-refractivity contribution is -0.385. The van der Waals surface area contributed by atoms with Crippen molar-refractivity contribution >= 4 is 21.7 Å². The zero-order valence-corrected chi connectivity index (χ0v) is 14.2. The van der Waals surface area contributed by atoms with Gasteiger partial charge in [-0.05, 0) is 26.2 Å². The number of ether oxygens (including phenoxy) is 1. The molecule has 0 bridgehead atoms. The molecule has 1 atom stereocenters. The largest absolute Gasteiger partial charge is 0.465 e. The van der Waals surface area contributed by atoms with Crippen molar-refractivity contribution in [2.24, 2.45) is 0 Å². The zero-order chi connectivity index (χ0) is 17.7. The molecule has 0 radical (unpaired) electrons. The third kappa shape index (κ3) is 4.09. The molecule has 1 unspecified atom stereocenters. The van der Waals surface area contributed by atoms with Gasteiger partial charge in [0.25, 0.3) is 5.69 Å². The van der Waals surface area contributed by atoms with Gasteiger partial charge < -0.3 is 4.74 Å². The smallest absolute Gasteiger partial charge is 0.324 e. The van der Waals surface area contributed by atoms with Gasteiger partial charge in [0, 0.05) is 18.2 Å². The van der Waals surface area contributed by atoms with Gasteiger partial charge in [0.15, 0.2) is 0 Å². The fourth-order valence-electron chi connectivity index (χ4n) is 2.80. The molecule has 1 aromatic carbocycles. The van der Waals surface area contributed by atoms with E-state index in [1.54, 1.807) is 13.0 Å². The average molecular weight is 356 g/mol. The minimum Gasteiger partial charge on any atom is -0.465 e. The minimum atomic E-state index is -3.88. The molecule has 0 aromatic heterocycles.